The fourth-order valence-corrected chi connectivity index (χ4v) is 5.23. The highest BCUT2D eigenvalue weighted by Gasteiger charge is 2.43. The summed E-state index contributed by atoms with van der Waals surface area (Å²) in [6, 6.07) is 14.9. The van der Waals surface area contributed by atoms with Gasteiger partial charge in [-0.3, -0.25) is 14.7 Å². The predicted molar refractivity (Wildman–Crippen MR) is 136 cm³/mol. The molecule has 0 saturated carbocycles. The Labute approximate surface area is 208 Å². The summed E-state index contributed by atoms with van der Waals surface area (Å²) in [5.74, 6) is 0.0427. The first kappa shape index (κ1) is 25.2. The van der Waals surface area contributed by atoms with Crippen molar-refractivity contribution in [2.45, 2.75) is 71.1 Å². The molecule has 0 atom stereocenters. The fraction of sp³-hybridized carbons (Fsp3) is 0.536. The molecule has 2 aromatic rings. The maximum atomic E-state index is 13.2. The van der Waals surface area contributed by atoms with E-state index in [4.69, 9.17) is 9.72 Å². The molecule has 7 heteroatoms. The standard InChI is InChI=1S/C28H38N4O3/c1-21-10-11-23-24(30-21)19-32(25(33)12-15-29-26(34)35-27(2,3)4)20-28(23)13-16-31(17-14-28)18-22-8-6-5-7-9-22/h5-11H,12-20H2,1-4H3,(H,29,34). The molecular weight excluding hydrogens is 440 g/mol. The third-order valence-electron chi connectivity index (χ3n) is 6.94. The third-order valence-corrected chi connectivity index (χ3v) is 6.94. The van der Waals surface area contributed by atoms with Crippen LogP contribution in [0.1, 0.15) is 62.5 Å². The molecule has 3 heterocycles. The van der Waals surface area contributed by atoms with E-state index in [0.29, 0.717) is 13.1 Å². The molecule has 2 aliphatic rings. The molecule has 2 aliphatic heterocycles. The number of amides is 2. The Morgan fingerprint density at radius 2 is 1.80 bits per heavy atom. The number of hydrogen-bond acceptors (Lipinski definition) is 5. The van der Waals surface area contributed by atoms with Gasteiger partial charge in [0.05, 0.1) is 12.2 Å². The van der Waals surface area contributed by atoms with Crippen molar-refractivity contribution in [2.75, 3.05) is 26.2 Å². The largest absolute Gasteiger partial charge is 0.444 e. The number of carbonyl (C=O) groups excluding carboxylic acids is 2. The van der Waals surface area contributed by atoms with Gasteiger partial charge in [0.1, 0.15) is 5.60 Å². The van der Waals surface area contributed by atoms with E-state index in [9.17, 15) is 9.59 Å². The predicted octanol–water partition coefficient (Wildman–Crippen LogP) is 4.18. The van der Waals surface area contributed by atoms with E-state index in [2.05, 4.69) is 52.7 Å². The van der Waals surface area contributed by atoms with Crippen molar-refractivity contribution < 1.29 is 14.3 Å². The molecule has 7 nitrogen and oxygen atoms in total. The summed E-state index contributed by atoms with van der Waals surface area (Å²) in [4.78, 5) is 34.4. The lowest BCUT2D eigenvalue weighted by Crippen LogP contribution is -2.53. The summed E-state index contributed by atoms with van der Waals surface area (Å²) in [5.41, 5.74) is 3.99. The van der Waals surface area contributed by atoms with Gasteiger partial charge in [0, 0.05) is 37.2 Å². The molecule has 1 aromatic carbocycles. The van der Waals surface area contributed by atoms with Crippen LogP contribution < -0.4 is 5.32 Å². The normalized spacial score (nSPS) is 17.7. The third kappa shape index (κ3) is 6.40. The van der Waals surface area contributed by atoms with Gasteiger partial charge in [0.2, 0.25) is 5.91 Å². The van der Waals surface area contributed by atoms with E-state index in [1.807, 2.05) is 32.6 Å². The molecule has 0 aliphatic carbocycles. The van der Waals surface area contributed by atoms with Crippen molar-refractivity contribution in [3.05, 3.63) is 65.0 Å². The molecule has 1 aromatic heterocycles. The summed E-state index contributed by atoms with van der Waals surface area (Å²) in [6.45, 7) is 11.9. The lowest BCUT2D eigenvalue weighted by Gasteiger charge is -2.48. The molecule has 188 valence electrons. The van der Waals surface area contributed by atoms with Gasteiger partial charge in [0.25, 0.3) is 0 Å². The number of hydrogen-bond donors (Lipinski definition) is 1. The number of rotatable bonds is 5. The Morgan fingerprint density at radius 3 is 2.49 bits per heavy atom. The second-order valence-electron chi connectivity index (χ2n) is 10.9. The minimum atomic E-state index is -0.560. The van der Waals surface area contributed by atoms with Crippen molar-refractivity contribution in [2.24, 2.45) is 0 Å². The zero-order chi connectivity index (χ0) is 25.1. The molecule has 2 amide bonds. The van der Waals surface area contributed by atoms with E-state index < -0.39 is 11.7 Å². The number of ether oxygens (including phenoxy) is 1. The molecule has 1 spiro atoms. The number of aryl methyl sites for hydroxylation is 1. The summed E-state index contributed by atoms with van der Waals surface area (Å²) in [5, 5.41) is 2.71. The number of likely N-dealkylation sites (tertiary alicyclic amines) is 1. The number of piperidine rings is 1. The average Bonchev–Trinajstić information content (AvgIpc) is 2.80. The highest BCUT2D eigenvalue weighted by atomic mass is 16.6. The van der Waals surface area contributed by atoms with Crippen LogP contribution in [0.25, 0.3) is 0 Å². The van der Waals surface area contributed by atoms with Crippen LogP contribution in [-0.4, -0.2) is 58.6 Å². The van der Waals surface area contributed by atoms with Crippen LogP contribution in [0.5, 0.6) is 0 Å². The van der Waals surface area contributed by atoms with Crippen LogP contribution in [0.4, 0.5) is 4.79 Å². The molecule has 0 unspecified atom stereocenters. The number of fused-ring (bicyclic) bond motifs is 2. The smallest absolute Gasteiger partial charge is 0.407 e. The zero-order valence-corrected chi connectivity index (χ0v) is 21.5. The van der Waals surface area contributed by atoms with Crippen molar-refractivity contribution in [1.82, 2.24) is 20.1 Å². The van der Waals surface area contributed by atoms with E-state index >= 15 is 0 Å². The molecule has 0 bridgehead atoms. The number of carbonyl (C=O) groups is 2. The second kappa shape index (κ2) is 10.4. The molecule has 4 rings (SSSR count). The van der Waals surface area contributed by atoms with Gasteiger partial charge in [-0.15, -0.1) is 0 Å². The van der Waals surface area contributed by atoms with Crippen molar-refractivity contribution in [3.63, 3.8) is 0 Å². The van der Waals surface area contributed by atoms with Gasteiger partial charge in [0.15, 0.2) is 0 Å². The zero-order valence-electron chi connectivity index (χ0n) is 21.5. The second-order valence-corrected chi connectivity index (χ2v) is 10.9. The highest BCUT2D eigenvalue weighted by molar-refractivity contribution is 5.78. The van der Waals surface area contributed by atoms with Gasteiger partial charge < -0.3 is 15.0 Å². The lowest BCUT2D eigenvalue weighted by molar-refractivity contribution is -0.133. The van der Waals surface area contributed by atoms with E-state index in [1.54, 1.807) is 0 Å². The Kier molecular flexibility index (Phi) is 7.45. The number of nitrogens with one attached hydrogen (secondary N) is 1. The first-order valence-corrected chi connectivity index (χ1v) is 12.6. The van der Waals surface area contributed by atoms with Crippen LogP contribution in [0, 0.1) is 6.92 Å². The Balaban J connectivity index is 1.42. The van der Waals surface area contributed by atoms with E-state index in [-0.39, 0.29) is 24.3 Å². The lowest BCUT2D eigenvalue weighted by atomic mass is 9.69. The van der Waals surface area contributed by atoms with Crippen LogP contribution in [0.15, 0.2) is 42.5 Å². The van der Waals surface area contributed by atoms with Crippen LogP contribution in [-0.2, 0) is 28.0 Å². The Morgan fingerprint density at radius 1 is 1.09 bits per heavy atom. The molecule has 35 heavy (non-hydrogen) atoms. The van der Waals surface area contributed by atoms with Gasteiger partial charge in [-0.1, -0.05) is 36.4 Å². The fourth-order valence-electron chi connectivity index (χ4n) is 5.23. The monoisotopic (exact) mass is 478 g/mol. The Hall–Kier alpha value is -2.93. The van der Waals surface area contributed by atoms with Gasteiger partial charge >= 0.3 is 6.09 Å². The number of aromatic nitrogens is 1. The molecule has 0 radical (unpaired) electrons. The quantitative estimate of drug-likeness (QED) is 0.698. The maximum absolute atomic E-state index is 13.2. The van der Waals surface area contributed by atoms with Crippen LogP contribution in [0.2, 0.25) is 0 Å². The topological polar surface area (TPSA) is 74.8 Å². The average molecular weight is 479 g/mol. The van der Waals surface area contributed by atoms with Crippen LogP contribution >= 0.6 is 0 Å². The van der Waals surface area contributed by atoms with Gasteiger partial charge in [-0.25, -0.2) is 4.79 Å². The number of pyridine rings is 1. The van der Waals surface area contributed by atoms with Crippen molar-refractivity contribution in [3.8, 4) is 0 Å². The minimum absolute atomic E-state index is 0.0427. The first-order valence-electron chi connectivity index (χ1n) is 12.6. The number of benzene rings is 1. The molecular formula is C28H38N4O3. The summed E-state index contributed by atoms with van der Waals surface area (Å²) < 4.78 is 5.28. The summed E-state index contributed by atoms with van der Waals surface area (Å²) in [6.07, 6.45) is 1.75. The Bertz CT molecular complexity index is 1040. The molecule has 1 saturated heterocycles. The highest BCUT2D eigenvalue weighted by Crippen LogP contribution is 2.41. The summed E-state index contributed by atoms with van der Waals surface area (Å²) >= 11 is 0. The SMILES string of the molecule is Cc1ccc2c(n1)CN(C(=O)CCNC(=O)OC(C)(C)C)CC21CCN(Cc2ccccc2)CC1. The van der Waals surface area contributed by atoms with Crippen molar-refractivity contribution >= 4 is 12.0 Å². The number of alkyl carbamates (subject to hydrolysis) is 1. The molecule has 1 N–H and O–H groups in total. The number of nitrogens with zero attached hydrogens (tertiary/aromatic N) is 3. The maximum Gasteiger partial charge on any atom is 0.407 e. The van der Waals surface area contributed by atoms with E-state index in [1.165, 1.54) is 11.1 Å². The summed E-state index contributed by atoms with van der Waals surface area (Å²) in [7, 11) is 0. The van der Waals surface area contributed by atoms with Crippen LogP contribution in [0.3, 0.4) is 0 Å². The van der Waals surface area contributed by atoms with Gasteiger partial charge in [-0.2, -0.15) is 0 Å². The van der Waals surface area contributed by atoms with Crippen molar-refractivity contribution in [1.29, 1.82) is 0 Å². The minimum Gasteiger partial charge on any atom is -0.444 e. The first-order chi connectivity index (χ1) is 16.6. The van der Waals surface area contributed by atoms with Gasteiger partial charge in [-0.05, 0) is 70.8 Å². The van der Waals surface area contributed by atoms with E-state index in [0.717, 1.165) is 43.9 Å². The molecule has 1 fully saturated rings.